The monoisotopic (exact) mass is 238 g/mol. The highest BCUT2D eigenvalue weighted by atomic mass is 19.2. The lowest BCUT2D eigenvalue weighted by Gasteiger charge is -2.08. The molecule has 0 spiro atoms. The van der Waals surface area contributed by atoms with Crippen molar-refractivity contribution in [3.63, 3.8) is 0 Å². The van der Waals surface area contributed by atoms with E-state index in [0.717, 1.165) is 18.2 Å². The van der Waals surface area contributed by atoms with Gasteiger partial charge in [0.05, 0.1) is 5.69 Å². The van der Waals surface area contributed by atoms with Gasteiger partial charge in [-0.1, -0.05) is 0 Å². The maximum atomic E-state index is 13.4. The third-order valence-electron chi connectivity index (χ3n) is 2.19. The smallest absolute Gasteiger partial charge is 0.160 e. The molecule has 2 aromatic carbocycles. The maximum absolute atomic E-state index is 13.4. The van der Waals surface area contributed by atoms with Gasteiger partial charge in [0.25, 0.3) is 0 Å². The molecule has 0 fully saturated rings. The van der Waals surface area contributed by atoms with Crippen LogP contribution in [0.5, 0.6) is 0 Å². The van der Waals surface area contributed by atoms with Crippen LogP contribution in [0, 0.1) is 17.5 Å². The molecule has 0 radical (unpaired) electrons. The number of nitrogens with one attached hydrogen (secondary N) is 1. The Balaban J connectivity index is 2.28. The Bertz CT molecular complexity index is 555. The van der Waals surface area contributed by atoms with Gasteiger partial charge in [-0.05, 0) is 30.3 Å². The molecule has 0 atom stereocenters. The van der Waals surface area contributed by atoms with Crippen LogP contribution in [0.25, 0.3) is 0 Å². The predicted molar refractivity (Wildman–Crippen MR) is 60.5 cm³/mol. The van der Waals surface area contributed by atoms with E-state index in [2.05, 4.69) is 5.32 Å². The second-order valence-corrected chi connectivity index (χ2v) is 3.49. The molecule has 0 aliphatic carbocycles. The minimum absolute atomic E-state index is 0.144. The zero-order valence-electron chi connectivity index (χ0n) is 8.68. The Labute approximate surface area is 95.9 Å². The lowest BCUT2D eigenvalue weighted by molar-refractivity contribution is 0.509. The van der Waals surface area contributed by atoms with E-state index in [1.165, 1.54) is 18.2 Å². The summed E-state index contributed by atoms with van der Waals surface area (Å²) in [7, 11) is 0. The van der Waals surface area contributed by atoms with Gasteiger partial charge >= 0.3 is 0 Å². The molecule has 0 aliphatic rings. The van der Waals surface area contributed by atoms with Crippen LogP contribution in [-0.4, -0.2) is 0 Å². The van der Waals surface area contributed by atoms with Crippen LogP contribution in [0.4, 0.5) is 30.2 Å². The number of hydrogen-bond acceptors (Lipinski definition) is 2. The molecule has 5 heteroatoms. The van der Waals surface area contributed by atoms with E-state index in [1.807, 2.05) is 0 Å². The molecule has 0 saturated heterocycles. The van der Waals surface area contributed by atoms with Crippen molar-refractivity contribution < 1.29 is 13.2 Å². The minimum Gasteiger partial charge on any atom is -0.399 e. The lowest BCUT2D eigenvalue weighted by atomic mass is 10.2. The fourth-order valence-electron chi connectivity index (χ4n) is 1.36. The molecule has 0 saturated carbocycles. The summed E-state index contributed by atoms with van der Waals surface area (Å²) in [4.78, 5) is 0. The summed E-state index contributed by atoms with van der Waals surface area (Å²) in [6, 6.07) is 7.30. The highest BCUT2D eigenvalue weighted by molar-refractivity contribution is 5.62. The Hall–Kier alpha value is -2.17. The topological polar surface area (TPSA) is 38.0 Å². The summed E-state index contributed by atoms with van der Waals surface area (Å²) in [5, 5.41) is 2.63. The highest BCUT2D eigenvalue weighted by Gasteiger charge is 2.05. The van der Waals surface area contributed by atoms with Gasteiger partial charge in [-0.15, -0.1) is 0 Å². The van der Waals surface area contributed by atoms with Gasteiger partial charge in [-0.3, -0.25) is 0 Å². The van der Waals surface area contributed by atoms with Gasteiger partial charge < -0.3 is 11.1 Å². The van der Waals surface area contributed by atoms with Crippen LogP contribution in [-0.2, 0) is 0 Å². The Kier molecular flexibility index (Phi) is 2.91. The number of rotatable bonds is 2. The van der Waals surface area contributed by atoms with Crippen molar-refractivity contribution in [2.75, 3.05) is 11.1 Å². The van der Waals surface area contributed by atoms with Gasteiger partial charge in [0.15, 0.2) is 11.6 Å². The number of anilines is 3. The number of nitrogens with two attached hydrogens (primary N) is 1. The van der Waals surface area contributed by atoms with Crippen molar-refractivity contribution in [3.05, 3.63) is 53.8 Å². The molecule has 17 heavy (non-hydrogen) atoms. The number of hydrogen-bond donors (Lipinski definition) is 2. The lowest BCUT2D eigenvalue weighted by Crippen LogP contribution is -1.96. The molecule has 2 aromatic rings. The first kappa shape index (κ1) is 11.3. The van der Waals surface area contributed by atoms with E-state index >= 15 is 0 Å². The third-order valence-corrected chi connectivity index (χ3v) is 2.19. The van der Waals surface area contributed by atoms with E-state index in [4.69, 9.17) is 5.73 Å². The quantitative estimate of drug-likeness (QED) is 0.786. The molecule has 0 unspecified atom stereocenters. The van der Waals surface area contributed by atoms with Gasteiger partial charge in [0.1, 0.15) is 5.82 Å². The number of nitrogen functional groups attached to an aromatic ring is 1. The minimum atomic E-state index is -0.995. The standard InChI is InChI=1S/C12H9F3N2/c13-9-3-2-8(6-10(9)14)17-12-4-1-7(16)5-11(12)15/h1-6,17H,16H2. The van der Waals surface area contributed by atoms with Crippen molar-refractivity contribution in [2.45, 2.75) is 0 Å². The van der Waals surface area contributed by atoms with Crippen molar-refractivity contribution in [1.82, 2.24) is 0 Å². The van der Waals surface area contributed by atoms with Crippen LogP contribution < -0.4 is 11.1 Å². The average Bonchev–Trinajstić information content (AvgIpc) is 2.27. The highest BCUT2D eigenvalue weighted by Crippen LogP contribution is 2.22. The first-order valence-electron chi connectivity index (χ1n) is 4.83. The average molecular weight is 238 g/mol. The SMILES string of the molecule is Nc1ccc(Nc2ccc(F)c(F)c2)c(F)c1. The van der Waals surface area contributed by atoms with Crippen molar-refractivity contribution in [1.29, 1.82) is 0 Å². The zero-order valence-corrected chi connectivity index (χ0v) is 8.68. The maximum Gasteiger partial charge on any atom is 0.160 e. The van der Waals surface area contributed by atoms with Gasteiger partial charge in [0, 0.05) is 17.4 Å². The molecule has 3 N–H and O–H groups in total. The summed E-state index contributed by atoms with van der Waals surface area (Å²) in [5.74, 6) is -2.51. The van der Waals surface area contributed by atoms with Crippen LogP contribution >= 0.6 is 0 Å². The Morgan fingerprint density at radius 2 is 1.59 bits per heavy atom. The summed E-state index contributed by atoms with van der Waals surface area (Å²) in [5.41, 5.74) is 6.08. The molecular formula is C12H9F3N2. The first-order valence-corrected chi connectivity index (χ1v) is 4.83. The second kappa shape index (κ2) is 4.37. The second-order valence-electron chi connectivity index (χ2n) is 3.49. The molecule has 2 nitrogen and oxygen atoms in total. The van der Waals surface area contributed by atoms with E-state index < -0.39 is 17.5 Å². The fraction of sp³-hybridized carbons (Fsp3) is 0. The van der Waals surface area contributed by atoms with Crippen LogP contribution in [0.1, 0.15) is 0 Å². The van der Waals surface area contributed by atoms with Gasteiger partial charge in [-0.2, -0.15) is 0 Å². The first-order chi connectivity index (χ1) is 8.06. The van der Waals surface area contributed by atoms with E-state index in [9.17, 15) is 13.2 Å². The van der Waals surface area contributed by atoms with Crippen molar-refractivity contribution in [3.8, 4) is 0 Å². The third kappa shape index (κ3) is 2.50. The molecule has 2 rings (SSSR count). The molecule has 0 aromatic heterocycles. The normalized spacial score (nSPS) is 10.3. The summed E-state index contributed by atoms with van der Waals surface area (Å²) in [6.45, 7) is 0. The molecule has 0 aliphatic heterocycles. The largest absolute Gasteiger partial charge is 0.399 e. The van der Waals surface area contributed by atoms with E-state index in [0.29, 0.717) is 5.69 Å². The van der Waals surface area contributed by atoms with Crippen molar-refractivity contribution >= 4 is 17.1 Å². The Morgan fingerprint density at radius 1 is 0.824 bits per heavy atom. The molecular weight excluding hydrogens is 229 g/mol. The van der Waals surface area contributed by atoms with Crippen LogP contribution in [0.15, 0.2) is 36.4 Å². The van der Waals surface area contributed by atoms with Gasteiger partial charge in [0.2, 0.25) is 0 Å². The molecule has 0 amide bonds. The Morgan fingerprint density at radius 3 is 2.24 bits per heavy atom. The van der Waals surface area contributed by atoms with Gasteiger partial charge in [-0.25, -0.2) is 13.2 Å². The summed E-state index contributed by atoms with van der Waals surface area (Å²) in [6.07, 6.45) is 0. The number of benzene rings is 2. The van der Waals surface area contributed by atoms with E-state index in [1.54, 1.807) is 0 Å². The van der Waals surface area contributed by atoms with Crippen LogP contribution in [0.2, 0.25) is 0 Å². The summed E-state index contributed by atoms with van der Waals surface area (Å²) < 4.78 is 39.0. The van der Waals surface area contributed by atoms with E-state index in [-0.39, 0.29) is 11.4 Å². The molecule has 88 valence electrons. The molecule has 0 heterocycles. The fourth-order valence-corrected chi connectivity index (χ4v) is 1.36. The van der Waals surface area contributed by atoms with Crippen molar-refractivity contribution in [2.24, 2.45) is 0 Å². The summed E-state index contributed by atoms with van der Waals surface area (Å²) >= 11 is 0. The molecule has 0 bridgehead atoms. The predicted octanol–water partition coefficient (Wildman–Crippen LogP) is 3.43. The van der Waals surface area contributed by atoms with Crippen LogP contribution in [0.3, 0.4) is 0 Å². The number of halogens is 3. The zero-order chi connectivity index (χ0) is 12.4.